The quantitative estimate of drug-likeness (QED) is 0.460. The molecule has 0 aromatic carbocycles. The lowest BCUT2D eigenvalue weighted by Gasteiger charge is -2.18. The van der Waals surface area contributed by atoms with Gasteiger partial charge in [0.2, 0.25) is 0 Å². The highest BCUT2D eigenvalue weighted by Crippen LogP contribution is 1.97. The smallest absolute Gasteiger partial charge is 0.149 e. The molecule has 0 heterocycles. The Labute approximate surface area is 59.7 Å². The Morgan fingerprint density at radius 3 is 2.00 bits per heavy atom. The van der Waals surface area contributed by atoms with Gasteiger partial charge in [-0.1, -0.05) is 0 Å². The molecule has 0 saturated heterocycles. The zero-order valence-electron chi connectivity index (χ0n) is 6.11. The van der Waals surface area contributed by atoms with E-state index < -0.39 is 18.2 Å². The molecule has 0 fully saturated rings. The lowest BCUT2D eigenvalue weighted by Crippen LogP contribution is -2.46. The highest BCUT2D eigenvalue weighted by Gasteiger charge is 2.22. The molecule has 0 saturated carbocycles. The van der Waals surface area contributed by atoms with Crippen molar-refractivity contribution in [3.05, 3.63) is 0 Å². The fourth-order valence-corrected chi connectivity index (χ4v) is 0.541. The van der Waals surface area contributed by atoms with E-state index in [9.17, 15) is 4.79 Å². The number of rotatable bonds is 3. The van der Waals surface area contributed by atoms with E-state index in [1.807, 2.05) is 0 Å². The molecule has 3 unspecified atom stereocenters. The van der Waals surface area contributed by atoms with Crippen LogP contribution in [0.1, 0.15) is 13.8 Å². The first-order valence-corrected chi connectivity index (χ1v) is 3.09. The molecule has 0 bridgehead atoms. The maximum Gasteiger partial charge on any atom is 0.149 e. The summed E-state index contributed by atoms with van der Waals surface area (Å²) in [6.45, 7) is 2.66. The van der Waals surface area contributed by atoms with Crippen molar-refractivity contribution in [2.45, 2.75) is 32.1 Å². The Kier molecular flexibility index (Phi) is 3.49. The summed E-state index contributed by atoms with van der Waals surface area (Å²) in [7, 11) is 0. The molecule has 0 amide bonds. The van der Waals surface area contributed by atoms with E-state index in [0.29, 0.717) is 0 Å². The third-order valence-electron chi connectivity index (χ3n) is 1.33. The molecule has 0 rings (SSSR count). The molecule has 4 heteroatoms. The van der Waals surface area contributed by atoms with E-state index in [2.05, 4.69) is 0 Å². The Morgan fingerprint density at radius 2 is 1.90 bits per heavy atom. The minimum Gasteiger partial charge on any atom is -0.391 e. The zero-order valence-corrected chi connectivity index (χ0v) is 6.11. The maximum absolute atomic E-state index is 10.5. The number of hydrogen-bond acceptors (Lipinski definition) is 4. The van der Waals surface area contributed by atoms with E-state index >= 15 is 0 Å². The number of aliphatic hydroxyl groups excluding tert-OH is 2. The predicted molar refractivity (Wildman–Crippen MR) is 36.3 cm³/mol. The second kappa shape index (κ2) is 3.65. The van der Waals surface area contributed by atoms with E-state index in [1.165, 1.54) is 13.8 Å². The Bertz CT molecular complexity index is 124. The van der Waals surface area contributed by atoms with Crippen molar-refractivity contribution in [1.82, 2.24) is 0 Å². The van der Waals surface area contributed by atoms with Crippen LogP contribution in [0.25, 0.3) is 0 Å². The van der Waals surface area contributed by atoms with Crippen LogP contribution in [0.4, 0.5) is 0 Å². The van der Waals surface area contributed by atoms with Gasteiger partial charge in [0, 0.05) is 0 Å². The van der Waals surface area contributed by atoms with Crippen LogP contribution in [0.2, 0.25) is 0 Å². The molecule has 4 nitrogen and oxygen atoms in total. The Hall–Kier alpha value is -0.450. The minimum atomic E-state index is -1.16. The van der Waals surface area contributed by atoms with Crippen LogP contribution in [-0.4, -0.2) is 34.2 Å². The van der Waals surface area contributed by atoms with Crippen molar-refractivity contribution < 1.29 is 15.0 Å². The molecule has 3 atom stereocenters. The molecule has 0 aliphatic rings. The molecule has 4 N–H and O–H groups in total. The van der Waals surface area contributed by atoms with Crippen molar-refractivity contribution in [1.29, 1.82) is 0 Å². The summed E-state index contributed by atoms with van der Waals surface area (Å²) in [6.07, 6.45) is -2.11. The number of hydrogen-bond donors (Lipinski definition) is 3. The van der Waals surface area contributed by atoms with E-state index in [4.69, 9.17) is 15.9 Å². The fraction of sp³-hybridized carbons (Fsp3) is 0.833. The fourth-order valence-electron chi connectivity index (χ4n) is 0.541. The predicted octanol–water partition coefficient (Wildman–Crippen LogP) is -1.36. The van der Waals surface area contributed by atoms with Gasteiger partial charge in [0.05, 0.1) is 12.1 Å². The molecule has 10 heavy (non-hydrogen) atoms. The van der Waals surface area contributed by atoms with Crippen LogP contribution in [0.3, 0.4) is 0 Å². The van der Waals surface area contributed by atoms with Crippen LogP contribution in [-0.2, 0) is 4.79 Å². The maximum atomic E-state index is 10.5. The van der Waals surface area contributed by atoms with Gasteiger partial charge in [-0.05, 0) is 13.8 Å². The van der Waals surface area contributed by atoms with E-state index in [-0.39, 0.29) is 5.78 Å². The van der Waals surface area contributed by atoms with Crippen molar-refractivity contribution in [2.75, 3.05) is 0 Å². The first kappa shape index (κ1) is 9.55. The Morgan fingerprint density at radius 1 is 1.50 bits per heavy atom. The zero-order chi connectivity index (χ0) is 8.31. The highest BCUT2D eigenvalue weighted by atomic mass is 16.3. The van der Waals surface area contributed by atoms with Gasteiger partial charge in [-0.15, -0.1) is 0 Å². The molecule has 60 valence electrons. The average molecular weight is 147 g/mol. The van der Waals surface area contributed by atoms with Crippen LogP contribution in [0, 0.1) is 0 Å². The third-order valence-corrected chi connectivity index (χ3v) is 1.33. The monoisotopic (exact) mass is 147 g/mol. The first-order valence-electron chi connectivity index (χ1n) is 3.09. The molecular formula is C6H13NO3. The average Bonchev–Trinajstić information content (AvgIpc) is 1.84. The number of Topliss-reactive ketones (excluding diaryl/α,β-unsaturated/α-hetero) is 1. The summed E-state index contributed by atoms with van der Waals surface area (Å²) in [4.78, 5) is 10.5. The number of carbonyl (C=O) groups excluding carboxylic acids is 1. The Balaban J connectivity index is 3.94. The number of nitrogens with two attached hydrogens (primary N) is 1. The lowest BCUT2D eigenvalue weighted by molar-refractivity contribution is -0.122. The van der Waals surface area contributed by atoms with Gasteiger partial charge in [0.25, 0.3) is 0 Å². The summed E-state index contributed by atoms with van der Waals surface area (Å²) in [5.74, 6) is -0.326. The van der Waals surface area contributed by atoms with Crippen LogP contribution < -0.4 is 5.73 Å². The van der Waals surface area contributed by atoms with Crippen molar-refractivity contribution >= 4 is 5.78 Å². The SMILES string of the molecule is CC(=O)C(N)C(O)C(C)O. The molecule has 0 spiro atoms. The van der Waals surface area contributed by atoms with Crippen molar-refractivity contribution in [3.8, 4) is 0 Å². The van der Waals surface area contributed by atoms with Crippen LogP contribution in [0.5, 0.6) is 0 Å². The normalized spacial score (nSPS) is 19.7. The van der Waals surface area contributed by atoms with Crippen LogP contribution in [0.15, 0.2) is 0 Å². The van der Waals surface area contributed by atoms with E-state index in [1.54, 1.807) is 0 Å². The largest absolute Gasteiger partial charge is 0.391 e. The standard InChI is InChI=1S/C6H13NO3/c1-3(8)5(7)6(10)4(2)9/h4-6,9-10H,7H2,1-2H3. The van der Waals surface area contributed by atoms with Gasteiger partial charge < -0.3 is 15.9 Å². The van der Waals surface area contributed by atoms with Gasteiger partial charge in [0.1, 0.15) is 11.9 Å². The van der Waals surface area contributed by atoms with Gasteiger partial charge >= 0.3 is 0 Å². The summed E-state index contributed by atoms with van der Waals surface area (Å²) in [5, 5.41) is 17.7. The summed E-state index contributed by atoms with van der Waals surface area (Å²) in [5.41, 5.74) is 5.20. The summed E-state index contributed by atoms with van der Waals surface area (Å²) >= 11 is 0. The minimum absolute atomic E-state index is 0.326. The van der Waals surface area contributed by atoms with Gasteiger partial charge in [-0.2, -0.15) is 0 Å². The summed E-state index contributed by atoms with van der Waals surface area (Å²) < 4.78 is 0. The van der Waals surface area contributed by atoms with Gasteiger partial charge in [0.15, 0.2) is 0 Å². The van der Waals surface area contributed by atoms with Crippen molar-refractivity contribution in [2.24, 2.45) is 5.73 Å². The molecule has 0 aliphatic heterocycles. The van der Waals surface area contributed by atoms with Gasteiger partial charge in [-0.3, -0.25) is 4.79 Å². The first-order chi connectivity index (χ1) is 4.46. The molecular weight excluding hydrogens is 134 g/mol. The second-order valence-electron chi connectivity index (χ2n) is 2.37. The van der Waals surface area contributed by atoms with Crippen molar-refractivity contribution in [3.63, 3.8) is 0 Å². The summed E-state index contributed by atoms with van der Waals surface area (Å²) in [6, 6.07) is -0.972. The highest BCUT2D eigenvalue weighted by molar-refractivity contribution is 5.81. The lowest BCUT2D eigenvalue weighted by atomic mass is 10.0. The van der Waals surface area contributed by atoms with E-state index in [0.717, 1.165) is 0 Å². The number of aliphatic hydroxyl groups is 2. The molecule has 0 aliphatic carbocycles. The number of carbonyl (C=O) groups is 1. The molecule has 0 aromatic heterocycles. The second-order valence-corrected chi connectivity index (χ2v) is 2.37. The molecule has 0 radical (unpaired) electrons. The molecule has 0 aromatic rings. The van der Waals surface area contributed by atoms with Crippen LogP contribution >= 0.6 is 0 Å². The van der Waals surface area contributed by atoms with Gasteiger partial charge in [-0.25, -0.2) is 0 Å². The third kappa shape index (κ3) is 2.43. The number of ketones is 1. The topological polar surface area (TPSA) is 83.6 Å².